The summed E-state index contributed by atoms with van der Waals surface area (Å²) in [5.74, 6) is -0.805. The molecule has 0 aliphatic carbocycles. The minimum absolute atomic E-state index is 0.0545. The SMILES string of the molecule is CC/C=C\C/C=C\C/C=C\C/C=C\CCCCCCCCCCCCCCCCCCCCCCCCC(=O)OC(COC(=O)CCCCCCCCCCCCCCCCCCCCCCCCCC/C=C\C/C=C\C/C=C\CCCCCCC)COP(=O)(O)OCCN. The number of allylic oxidation sites excluding steroid dienone is 14. The molecule has 0 heterocycles. The van der Waals surface area contributed by atoms with Gasteiger partial charge in [-0.15, -0.1) is 0 Å². The topological polar surface area (TPSA) is 134 Å². The van der Waals surface area contributed by atoms with E-state index in [2.05, 4.69) is 98.9 Å². The van der Waals surface area contributed by atoms with E-state index in [1.807, 2.05) is 0 Å². The maximum atomic E-state index is 12.8. The van der Waals surface area contributed by atoms with Gasteiger partial charge in [-0.25, -0.2) is 4.57 Å². The van der Waals surface area contributed by atoms with E-state index in [9.17, 15) is 19.0 Å². The first-order chi connectivity index (χ1) is 46.8. The third kappa shape index (κ3) is 80.1. The van der Waals surface area contributed by atoms with E-state index >= 15 is 0 Å². The summed E-state index contributed by atoms with van der Waals surface area (Å²) in [6.07, 6.45) is 109. The fraction of sp³-hybridized carbons (Fsp3) is 0.812. The number of carbonyl (C=O) groups excluding carboxylic acids is 2. The molecule has 0 aliphatic heterocycles. The molecule has 0 amide bonds. The third-order valence-corrected chi connectivity index (χ3v) is 19.2. The lowest BCUT2D eigenvalue weighted by Gasteiger charge is -2.19. The fourth-order valence-corrected chi connectivity index (χ4v) is 13.0. The van der Waals surface area contributed by atoms with Crippen LogP contribution in [0.4, 0.5) is 0 Å². The first kappa shape index (κ1) is 92.2. The van der Waals surface area contributed by atoms with Crippen molar-refractivity contribution < 1.29 is 37.6 Å². The van der Waals surface area contributed by atoms with Crippen LogP contribution in [0, 0.1) is 0 Å². The fourth-order valence-electron chi connectivity index (χ4n) is 12.2. The molecule has 0 aliphatic rings. The van der Waals surface area contributed by atoms with Crippen LogP contribution in [0.2, 0.25) is 0 Å². The number of hydrogen-bond donors (Lipinski definition) is 2. The number of phosphoric ester groups is 1. The van der Waals surface area contributed by atoms with E-state index in [4.69, 9.17) is 24.3 Å². The Kier molecular flexibility index (Phi) is 77.8. The van der Waals surface area contributed by atoms with Gasteiger partial charge >= 0.3 is 19.8 Å². The Morgan fingerprint density at radius 1 is 0.326 bits per heavy atom. The second-order valence-electron chi connectivity index (χ2n) is 27.6. The zero-order chi connectivity index (χ0) is 68.6. The van der Waals surface area contributed by atoms with Crippen molar-refractivity contribution in [2.24, 2.45) is 5.73 Å². The van der Waals surface area contributed by atoms with E-state index in [-0.39, 0.29) is 38.6 Å². The van der Waals surface area contributed by atoms with Crippen LogP contribution in [-0.2, 0) is 32.7 Å². The molecule has 0 bridgehead atoms. The number of phosphoric acid groups is 1. The Hall–Kier alpha value is -2.81. The van der Waals surface area contributed by atoms with Gasteiger partial charge in [-0.2, -0.15) is 0 Å². The van der Waals surface area contributed by atoms with Crippen molar-refractivity contribution in [3.63, 3.8) is 0 Å². The molecule has 10 heteroatoms. The minimum Gasteiger partial charge on any atom is -0.462 e. The molecule has 2 atom stereocenters. The van der Waals surface area contributed by atoms with Gasteiger partial charge < -0.3 is 20.1 Å². The number of unbranched alkanes of at least 4 members (excludes halogenated alkanes) is 51. The maximum absolute atomic E-state index is 12.8. The van der Waals surface area contributed by atoms with Crippen molar-refractivity contribution in [3.05, 3.63) is 85.1 Å². The molecule has 95 heavy (non-hydrogen) atoms. The summed E-state index contributed by atoms with van der Waals surface area (Å²) in [6, 6.07) is 0. The van der Waals surface area contributed by atoms with Crippen LogP contribution < -0.4 is 5.73 Å². The normalized spacial score (nSPS) is 13.3. The largest absolute Gasteiger partial charge is 0.472 e. The van der Waals surface area contributed by atoms with Crippen molar-refractivity contribution in [2.45, 2.75) is 418 Å². The highest BCUT2D eigenvalue weighted by molar-refractivity contribution is 7.47. The van der Waals surface area contributed by atoms with Gasteiger partial charge in [0.05, 0.1) is 13.2 Å². The predicted molar refractivity (Wildman–Crippen MR) is 413 cm³/mol. The number of esters is 2. The van der Waals surface area contributed by atoms with Crippen LogP contribution in [0.15, 0.2) is 85.1 Å². The van der Waals surface area contributed by atoms with Crippen LogP contribution in [0.25, 0.3) is 0 Å². The lowest BCUT2D eigenvalue weighted by molar-refractivity contribution is -0.161. The predicted octanol–water partition coefficient (Wildman–Crippen LogP) is 27.7. The van der Waals surface area contributed by atoms with E-state index < -0.39 is 26.5 Å². The molecule has 0 radical (unpaired) electrons. The van der Waals surface area contributed by atoms with E-state index in [0.29, 0.717) is 6.42 Å². The van der Waals surface area contributed by atoms with Crippen molar-refractivity contribution in [1.82, 2.24) is 0 Å². The minimum atomic E-state index is -4.40. The Morgan fingerprint density at radius 3 is 0.863 bits per heavy atom. The Morgan fingerprint density at radius 2 is 0.579 bits per heavy atom. The second kappa shape index (κ2) is 80.2. The zero-order valence-corrected chi connectivity index (χ0v) is 63.6. The van der Waals surface area contributed by atoms with Crippen LogP contribution in [0.1, 0.15) is 412 Å². The summed E-state index contributed by atoms with van der Waals surface area (Å²) >= 11 is 0. The average molecular weight is 1350 g/mol. The quantitative estimate of drug-likeness (QED) is 0.0264. The molecule has 0 aromatic rings. The smallest absolute Gasteiger partial charge is 0.462 e. The van der Waals surface area contributed by atoms with Gasteiger partial charge in [-0.3, -0.25) is 18.6 Å². The number of carbonyl (C=O) groups is 2. The van der Waals surface area contributed by atoms with Crippen molar-refractivity contribution in [2.75, 3.05) is 26.4 Å². The highest BCUT2D eigenvalue weighted by Gasteiger charge is 2.26. The standard InChI is InChI=1S/C85H156NO8P/c1-3-5-7-9-11-13-15-17-19-21-23-25-27-29-31-33-35-37-39-40-41-42-44-45-47-49-51-53-55-57-59-61-63-65-67-69-71-73-75-77-84(87)91-81-83(82-93-95(89,90)92-80-79-86)94-85(88)78-76-74-72-70-68-66-64-62-60-58-56-54-52-50-48-46-43-38-36-34-32-30-28-26-24-22-20-18-16-14-12-10-8-6-4-2/h6,8,12,14-15,17-18,20-21,23-24,26-27,29,83H,3-5,7,9-11,13,16,19,22,25,28,30-82,86H2,1-2H3,(H,89,90)/b8-6-,14-12-,17-15-,20-18-,23-21-,26-24-,29-27-. The number of hydrogen-bond acceptors (Lipinski definition) is 8. The molecule has 0 aromatic carbocycles. The van der Waals surface area contributed by atoms with Gasteiger partial charge in [-0.05, 0) is 89.9 Å². The average Bonchev–Trinajstić information content (AvgIpc) is 3.32. The summed E-state index contributed by atoms with van der Waals surface area (Å²) in [5, 5.41) is 0. The zero-order valence-electron chi connectivity index (χ0n) is 62.7. The van der Waals surface area contributed by atoms with Crippen LogP contribution in [0.5, 0.6) is 0 Å². The molecule has 9 nitrogen and oxygen atoms in total. The summed E-state index contributed by atoms with van der Waals surface area (Å²) in [5.41, 5.74) is 5.42. The molecular formula is C85H156NO8P. The first-order valence-corrected chi connectivity index (χ1v) is 42.6. The highest BCUT2D eigenvalue weighted by Crippen LogP contribution is 2.43. The second-order valence-corrected chi connectivity index (χ2v) is 29.1. The van der Waals surface area contributed by atoms with Gasteiger partial charge in [0.15, 0.2) is 6.10 Å². The van der Waals surface area contributed by atoms with Gasteiger partial charge in [0.2, 0.25) is 0 Å². The van der Waals surface area contributed by atoms with Crippen LogP contribution >= 0.6 is 7.82 Å². The molecular weight excluding hydrogens is 1190 g/mol. The maximum Gasteiger partial charge on any atom is 0.472 e. The van der Waals surface area contributed by atoms with Gasteiger partial charge in [0, 0.05) is 19.4 Å². The third-order valence-electron chi connectivity index (χ3n) is 18.3. The number of nitrogens with two attached hydrogens (primary N) is 1. The molecule has 0 aromatic heterocycles. The monoisotopic (exact) mass is 1350 g/mol. The first-order valence-electron chi connectivity index (χ1n) is 41.1. The summed E-state index contributed by atoms with van der Waals surface area (Å²) < 4.78 is 33.3. The lowest BCUT2D eigenvalue weighted by Crippen LogP contribution is -2.29. The highest BCUT2D eigenvalue weighted by atomic mass is 31.2. The van der Waals surface area contributed by atoms with Gasteiger partial charge in [0.25, 0.3) is 0 Å². The summed E-state index contributed by atoms with van der Waals surface area (Å²) in [6.45, 7) is 3.69. The van der Waals surface area contributed by atoms with Crippen molar-refractivity contribution >= 4 is 19.8 Å². The van der Waals surface area contributed by atoms with Crippen LogP contribution in [0.3, 0.4) is 0 Å². The summed E-state index contributed by atoms with van der Waals surface area (Å²) in [4.78, 5) is 35.5. The molecule has 554 valence electrons. The van der Waals surface area contributed by atoms with Crippen molar-refractivity contribution in [1.29, 1.82) is 0 Å². The van der Waals surface area contributed by atoms with Crippen LogP contribution in [-0.4, -0.2) is 49.3 Å². The van der Waals surface area contributed by atoms with Gasteiger partial charge in [0.1, 0.15) is 6.61 Å². The molecule has 0 saturated heterocycles. The van der Waals surface area contributed by atoms with E-state index in [1.54, 1.807) is 0 Å². The van der Waals surface area contributed by atoms with Gasteiger partial charge in [-0.1, -0.05) is 394 Å². The molecule has 3 N–H and O–H groups in total. The Bertz CT molecular complexity index is 1840. The Balaban J connectivity index is 3.75. The lowest BCUT2D eigenvalue weighted by atomic mass is 10.0. The van der Waals surface area contributed by atoms with Crippen molar-refractivity contribution in [3.8, 4) is 0 Å². The summed E-state index contributed by atoms with van der Waals surface area (Å²) in [7, 11) is -4.40. The van der Waals surface area contributed by atoms with E-state index in [1.165, 1.54) is 308 Å². The van der Waals surface area contributed by atoms with E-state index in [0.717, 1.165) is 70.6 Å². The molecule has 2 unspecified atom stereocenters. The molecule has 0 spiro atoms. The number of ether oxygens (including phenoxy) is 2. The molecule has 0 fully saturated rings. The molecule has 0 saturated carbocycles. The Labute approximate surface area is 589 Å². The number of rotatable bonds is 78. The molecule has 0 rings (SSSR count).